The smallest absolute Gasteiger partial charge is 0.239 e. The van der Waals surface area contributed by atoms with E-state index in [4.69, 9.17) is 0 Å². The second kappa shape index (κ2) is 8.34. The minimum atomic E-state index is -0.105. The Hall–Kier alpha value is -2.36. The molecule has 1 aromatic heterocycles. The minimum absolute atomic E-state index is 0.105. The number of thiophene rings is 1. The molecule has 2 aliphatic rings. The summed E-state index contributed by atoms with van der Waals surface area (Å²) in [6.07, 6.45) is 1.97. The van der Waals surface area contributed by atoms with Crippen molar-refractivity contribution in [3.63, 3.8) is 0 Å². The summed E-state index contributed by atoms with van der Waals surface area (Å²) in [5.41, 5.74) is 3.04. The summed E-state index contributed by atoms with van der Waals surface area (Å²) in [7, 11) is 0. The second-order valence-electron chi connectivity index (χ2n) is 7.56. The number of hydrogen-bond acceptors (Lipinski definition) is 5. The van der Waals surface area contributed by atoms with Crippen LogP contribution in [0.25, 0.3) is 0 Å². The topological polar surface area (TPSA) is 50.6 Å². The molecule has 0 bridgehead atoms. The average Bonchev–Trinajstić information content (AvgIpc) is 3.07. The van der Waals surface area contributed by atoms with Gasteiger partial charge in [-0.15, -0.1) is 11.3 Å². The Morgan fingerprint density at radius 1 is 1.14 bits per heavy atom. The standard InChI is InChI=1S/C22H26N4OS/c1-17(22(27)26-11-7-21-19(16-26)8-14-28-21)24-9-4-10-25(13-12-24)20-6-3-2-5-18(20)15-23/h2-3,5-6,8,14,17H,4,7,9-13,16H2,1H3/t17-/m0/s1. The van der Waals surface area contributed by atoms with Crippen LogP contribution in [0.4, 0.5) is 5.69 Å². The maximum atomic E-state index is 13.1. The molecule has 0 radical (unpaired) electrons. The van der Waals surface area contributed by atoms with Gasteiger partial charge in [0.15, 0.2) is 0 Å². The van der Waals surface area contributed by atoms with Gasteiger partial charge in [-0.3, -0.25) is 9.69 Å². The molecule has 2 aromatic rings. The second-order valence-corrected chi connectivity index (χ2v) is 8.56. The van der Waals surface area contributed by atoms with Crippen LogP contribution in [0, 0.1) is 11.3 Å². The molecule has 0 unspecified atom stereocenters. The summed E-state index contributed by atoms with van der Waals surface area (Å²) >= 11 is 1.80. The van der Waals surface area contributed by atoms with Crippen molar-refractivity contribution in [3.05, 3.63) is 51.7 Å². The van der Waals surface area contributed by atoms with Crippen LogP contribution in [0.3, 0.4) is 0 Å². The Kier molecular flexibility index (Phi) is 5.65. The van der Waals surface area contributed by atoms with E-state index < -0.39 is 0 Å². The molecule has 0 aliphatic carbocycles. The van der Waals surface area contributed by atoms with Gasteiger partial charge >= 0.3 is 0 Å². The highest BCUT2D eigenvalue weighted by Crippen LogP contribution is 2.25. The zero-order chi connectivity index (χ0) is 19.5. The third-order valence-electron chi connectivity index (χ3n) is 5.92. The number of amides is 1. The fraction of sp³-hybridized carbons (Fsp3) is 0.455. The number of benzene rings is 1. The number of carbonyl (C=O) groups excluding carboxylic acids is 1. The fourth-order valence-electron chi connectivity index (χ4n) is 4.27. The van der Waals surface area contributed by atoms with E-state index in [1.54, 1.807) is 11.3 Å². The van der Waals surface area contributed by atoms with Crippen molar-refractivity contribution in [1.29, 1.82) is 5.26 Å². The van der Waals surface area contributed by atoms with E-state index in [-0.39, 0.29) is 11.9 Å². The molecule has 146 valence electrons. The maximum absolute atomic E-state index is 13.1. The molecule has 5 nitrogen and oxygen atoms in total. The van der Waals surface area contributed by atoms with Crippen LogP contribution < -0.4 is 4.90 Å². The van der Waals surface area contributed by atoms with Crippen LogP contribution in [0.2, 0.25) is 0 Å². The summed E-state index contributed by atoms with van der Waals surface area (Å²) < 4.78 is 0. The van der Waals surface area contributed by atoms with Gasteiger partial charge in [0.1, 0.15) is 6.07 Å². The van der Waals surface area contributed by atoms with Gasteiger partial charge in [0.05, 0.1) is 17.3 Å². The highest BCUT2D eigenvalue weighted by atomic mass is 32.1. The Labute approximate surface area is 170 Å². The number of anilines is 1. The lowest BCUT2D eigenvalue weighted by molar-refractivity contribution is -0.137. The third-order valence-corrected chi connectivity index (χ3v) is 6.94. The normalized spacial score (nSPS) is 18.9. The lowest BCUT2D eigenvalue weighted by atomic mass is 10.1. The van der Waals surface area contributed by atoms with Gasteiger partial charge in [0.2, 0.25) is 5.91 Å². The summed E-state index contributed by atoms with van der Waals surface area (Å²) in [5.74, 6) is 0.239. The molecule has 4 rings (SSSR count). The van der Waals surface area contributed by atoms with Crippen molar-refractivity contribution in [3.8, 4) is 6.07 Å². The van der Waals surface area contributed by atoms with Crippen LogP contribution >= 0.6 is 11.3 Å². The number of para-hydroxylation sites is 1. The van der Waals surface area contributed by atoms with E-state index in [0.29, 0.717) is 0 Å². The molecule has 3 heterocycles. The van der Waals surface area contributed by atoms with Gasteiger partial charge in [-0.1, -0.05) is 12.1 Å². The Morgan fingerprint density at radius 3 is 2.86 bits per heavy atom. The molecule has 0 spiro atoms. The zero-order valence-electron chi connectivity index (χ0n) is 16.3. The number of rotatable bonds is 3. The number of carbonyl (C=O) groups is 1. The van der Waals surface area contributed by atoms with Gasteiger partial charge in [0.25, 0.3) is 0 Å². The lowest BCUT2D eigenvalue weighted by Crippen LogP contribution is -2.49. The molecule has 1 aromatic carbocycles. The molecule has 1 fully saturated rings. The summed E-state index contributed by atoms with van der Waals surface area (Å²) in [4.78, 5) is 21.2. The van der Waals surface area contributed by atoms with Gasteiger partial charge < -0.3 is 9.80 Å². The van der Waals surface area contributed by atoms with Crippen LogP contribution in [-0.2, 0) is 17.8 Å². The number of nitriles is 1. The number of nitrogens with zero attached hydrogens (tertiary/aromatic N) is 4. The molecule has 2 aliphatic heterocycles. The van der Waals surface area contributed by atoms with Crippen molar-refractivity contribution < 1.29 is 4.79 Å². The maximum Gasteiger partial charge on any atom is 0.239 e. The van der Waals surface area contributed by atoms with Gasteiger partial charge in [-0.2, -0.15) is 5.26 Å². The van der Waals surface area contributed by atoms with Gasteiger partial charge in [-0.25, -0.2) is 0 Å². The van der Waals surface area contributed by atoms with Crippen molar-refractivity contribution >= 4 is 22.9 Å². The Bertz CT molecular complexity index is 887. The highest BCUT2D eigenvalue weighted by Gasteiger charge is 2.30. The van der Waals surface area contributed by atoms with Crippen molar-refractivity contribution in [2.45, 2.75) is 32.4 Å². The summed E-state index contributed by atoms with van der Waals surface area (Å²) in [6, 6.07) is 12.1. The number of fused-ring (bicyclic) bond motifs is 1. The third kappa shape index (κ3) is 3.78. The van der Waals surface area contributed by atoms with E-state index in [1.807, 2.05) is 36.1 Å². The first kappa shape index (κ1) is 19.0. The Balaban J connectivity index is 1.40. The fourth-order valence-corrected chi connectivity index (χ4v) is 5.16. The predicted octanol–water partition coefficient (Wildman–Crippen LogP) is 3.11. The first-order chi connectivity index (χ1) is 13.7. The van der Waals surface area contributed by atoms with Crippen molar-refractivity contribution in [2.75, 3.05) is 37.6 Å². The van der Waals surface area contributed by atoms with E-state index >= 15 is 0 Å². The molecule has 0 saturated carbocycles. The lowest BCUT2D eigenvalue weighted by Gasteiger charge is -2.34. The van der Waals surface area contributed by atoms with Crippen molar-refractivity contribution in [1.82, 2.24) is 9.80 Å². The first-order valence-electron chi connectivity index (χ1n) is 9.99. The summed E-state index contributed by atoms with van der Waals surface area (Å²) in [6.45, 7) is 7.12. The molecule has 1 amide bonds. The SMILES string of the molecule is C[C@@H](C(=O)N1CCc2sccc2C1)N1CCCN(c2ccccc2C#N)CC1. The predicted molar refractivity (Wildman–Crippen MR) is 112 cm³/mol. The number of hydrogen-bond donors (Lipinski definition) is 0. The quantitative estimate of drug-likeness (QED) is 0.803. The average molecular weight is 395 g/mol. The van der Waals surface area contributed by atoms with E-state index in [2.05, 4.69) is 27.3 Å². The van der Waals surface area contributed by atoms with Crippen LogP contribution in [0.1, 0.15) is 29.3 Å². The van der Waals surface area contributed by atoms with Crippen LogP contribution in [-0.4, -0.2) is 54.5 Å². The van der Waals surface area contributed by atoms with Crippen molar-refractivity contribution in [2.24, 2.45) is 0 Å². The molecule has 1 saturated heterocycles. The molecular weight excluding hydrogens is 368 g/mol. The van der Waals surface area contributed by atoms with E-state index in [1.165, 1.54) is 10.4 Å². The largest absolute Gasteiger partial charge is 0.369 e. The molecule has 0 N–H and O–H groups in total. The van der Waals surface area contributed by atoms with Gasteiger partial charge in [0, 0.05) is 44.1 Å². The van der Waals surface area contributed by atoms with Crippen LogP contribution in [0.15, 0.2) is 35.7 Å². The summed E-state index contributed by atoms with van der Waals surface area (Å²) in [5, 5.41) is 11.5. The first-order valence-corrected chi connectivity index (χ1v) is 10.9. The molecular formula is C22H26N4OS. The monoisotopic (exact) mass is 394 g/mol. The minimum Gasteiger partial charge on any atom is -0.369 e. The molecule has 1 atom stereocenters. The van der Waals surface area contributed by atoms with E-state index in [0.717, 1.165) is 63.4 Å². The Morgan fingerprint density at radius 2 is 2.00 bits per heavy atom. The van der Waals surface area contributed by atoms with Gasteiger partial charge in [-0.05, 0) is 48.9 Å². The highest BCUT2D eigenvalue weighted by molar-refractivity contribution is 7.10. The van der Waals surface area contributed by atoms with E-state index in [9.17, 15) is 10.1 Å². The zero-order valence-corrected chi connectivity index (χ0v) is 17.1. The molecule has 6 heteroatoms. The van der Waals surface area contributed by atoms with Crippen LogP contribution in [0.5, 0.6) is 0 Å². The molecule has 28 heavy (non-hydrogen) atoms.